The van der Waals surface area contributed by atoms with Gasteiger partial charge in [-0.25, -0.2) is 0 Å². The van der Waals surface area contributed by atoms with Gasteiger partial charge in [-0.3, -0.25) is 0 Å². The summed E-state index contributed by atoms with van der Waals surface area (Å²) in [6.07, 6.45) is 18.1. The van der Waals surface area contributed by atoms with Crippen LogP contribution in [0.2, 0.25) is 0 Å². The van der Waals surface area contributed by atoms with Gasteiger partial charge >= 0.3 is 105 Å². The second-order valence-corrected chi connectivity index (χ2v) is 7.84. The third-order valence-electron chi connectivity index (χ3n) is 2.91. The molecule has 0 saturated heterocycles. The van der Waals surface area contributed by atoms with E-state index >= 15 is 0 Å². The van der Waals surface area contributed by atoms with Crippen molar-refractivity contribution in [2.24, 2.45) is 0 Å². The fraction of sp³-hybridized carbons (Fsp3) is 0.429. The van der Waals surface area contributed by atoms with Crippen LogP contribution >= 0.6 is 0 Å². The van der Waals surface area contributed by atoms with Crippen molar-refractivity contribution in [3.63, 3.8) is 0 Å². The Morgan fingerprint density at radius 1 is 1.27 bits per heavy atom. The molecule has 2 aliphatic rings. The first-order valence-corrected chi connectivity index (χ1v) is 8.37. The van der Waals surface area contributed by atoms with Crippen LogP contribution in [-0.2, 0) is 23.2 Å². The van der Waals surface area contributed by atoms with Gasteiger partial charge in [-0.1, -0.05) is 0 Å². The zero-order valence-corrected chi connectivity index (χ0v) is 11.9. The summed E-state index contributed by atoms with van der Waals surface area (Å²) in [5.74, 6) is 0. The van der Waals surface area contributed by atoms with Crippen LogP contribution in [0.3, 0.4) is 0 Å². The minimum atomic E-state index is -0.387. The van der Waals surface area contributed by atoms with Gasteiger partial charge in [0.25, 0.3) is 0 Å². The van der Waals surface area contributed by atoms with Gasteiger partial charge in [-0.2, -0.15) is 0 Å². The molecule has 0 atom stereocenters. The maximum atomic E-state index is 2.38. The average molecular weight is 278 g/mol. The Morgan fingerprint density at radius 3 is 2.93 bits per heavy atom. The van der Waals surface area contributed by atoms with Crippen LogP contribution in [0.4, 0.5) is 0 Å². The molecule has 0 saturated carbocycles. The fourth-order valence-corrected chi connectivity index (χ4v) is 5.40. The third kappa shape index (κ3) is 3.15. The summed E-state index contributed by atoms with van der Waals surface area (Å²) in [6, 6.07) is 0. The summed E-state index contributed by atoms with van der Waals surface area (Å²) in [4.78, 5) is 0. The summed E-state index contributed by atoms with van der Waals surface area (Å²) in [5.41, 5.74) is 1.69. The molecular formula is C14H18Zr. The number of rotatable bonds is 5. The molecule has 2 rings (SSSR count). The average Bonchev–Trinajstić information content (AvgIpc) is 2.87. The standard InChI is InChI=1S/C9H13.C5H5.Zr/c1-2-3-6-9-7-4-5-8-9;1-2-4-5-3-1;/h4,7H,2-3,5-6H2,1H3;1-3H,4H2;. The molecule has 15 heavy (non-hydrogen) atoms. The first-order chi connectivity index (χ1) is 7.40. The topological polar surface area (TPSA) is 0 Å². The third-order valence-corrected chi connectivity index (χ3v) is 6.64. The first-order valence-electron chi connectivity index (χ1n) is 5.91. The van der Waals surface area contributed by atoms with Gasteiger partial charge in [0.1, 0.15) is 0 Å². The molecule has 0 spiro atoms. The van der Waals surface area contributed by atoms with Crippen molar-refractivity contribution in [3.8, 4) is 0 Å². The van der Waals surface area contributed by atoms with E-state index in [0.717, 1.165) is 0 Å². The monoisotopic (exact) mass is 276 g/mol. The molecule has 0 unspecified atom stereocenters. The Labute approximate surface area is 104 Å². The van der Waals surface area contributed by atoms with Crippen LogP contribution in [0.1, 0.15) is 39.0 Å². The fourth-order valence-electron chi connectivity index (χ4n) is 2.02. The zero-order chi connectivity index (χ0) is 10.5. The summed E-state index contributed by atoms with van der Waals surface area (Å²) in [5, 5.41) is 0. The molecule has 0 N–H and O–H groups in total. The van der Waals surface area contributed by atoms with Gasteiger partial charge in [-0.15, -0.1) is 0 Å². The van der Waals surface area contributed by atoms with E-state index in [1.165, 1.54) is 32.1 Å². The van der Waals surface area contributed by atoms with Crippen molar-refractivity contribution in [1.82, 2.24) is 0 Å². The molecular weight excluding hydrogens is 259 g/mol. The summed E-state index contributed by atoms with van der Waals surface area (Å²) in [7, 11) is 0. The molecule has 0 fully saturated rings. The van der Waals surface area contributed by atoms with E-state index in [0.29, 0.717) is 0 Å². The minimum absolute atomic E-state index is 0.387. The van der Waals surface area contributed by atoms with E-state index in [-0.39, 0.29) is 23.2 Å². The second-order valence-electron chi connectivity index (χ2n) is 4.16. The predicted octanol–water partition coefficient (Wildman–Crippen LogP) is 4.32. The summed E-state index contributed by atoms with van der Waals surface area (Å²) in [6.45, 7) is 2.28. The molecule has 0 aromatic carbocycles. The van der Waals surface area contributed by atoms with Crippen molar-refractivity contribution in [1.29, 1.82) is 0 Å². The van der Waals surface area contributed by atoms with Crippen molar-refractivity contribution in [3.05, 3.63) is 42.5 Å². The van der Waals surface area contributed by atoms with Crippen molar-refractivity contribution in [2.45, 2.75) is 39.0 Å². The zero-order valence-electron chi connectivity index (χ0n) is 9.42. The Hall–Kier alpha value is -0.157. The predicted molar refractivity (Wildman–Crippen MR) is 62.1 cm³/mol. The Morgan fingerprint density at radius 2 is 2.20 bits per heavy atom. The number of allylic oxidation sites excluding steroid dienone is 8. The molecule has 0 aliphatic heterocycles. The number of hydrogen-bond donors (Lipinski definition) is 0. The van der Waals surface area contributed by atoms with Crippen LogP contribution < -0.4 is 0 Å². The van der Waals surface area contributed by atoms with Crippen LogP contribution in [0.25, 0.3) is 0 Å². The Kier molecular flexibility index (Phi) is 4.38. The van der Waals surface area contributed by atoms with Gasteiger partial charge in [0.05, 0.1) is 0 Å². The molecule has 0 amide bonds. The molecule has 0 nitrogen and oxygen atoms in total. The van der Waals surface area contributed by atoms with E-state index in [1.807, 2.05) is 3.28 Å². The number of hydrogen-bond acceptors (Lipinski definition) is 0. The molecule has 0 heterocycles. The van der Waals surface area contributed by atoms with Crippen LogP contribution in [0.5, 0.6) is 0 Å². The molecule has 0 aromatic heterocycles. The summed E-state index contributed by atoms with van der Waals surface area (Å²) < 4.78 is 3.59. The van der Waals surface area contributed by atoms with Gasteiger partial charge in [0, 0.05) is 0 Å². The van der Waals surface area contributed by atoms with Gasteiger partial charge in [-0.05, 0) is 0 Å². The molecule has 0 bridgehead atoms. The van der Waals surface area contributed by atoms with Crippen LogP contribution in [0, 0.1) is 0 Å². The molecule has 1 heteroatoms. The molecule has 78 valence electrons. The van der Waals surface area contributed by atoms with Gasteiger partial charge in [0.2, 0.25) is 0 Å². The SMILES string of the molecule is CCCCC1=[C]([Zr][C]2=CC=CC2)CC=C1. The Balaban J connectivity index is 1.94. The number of unbranched alkanes of at least 4 members (excludes halogenated alkanes) is 1. The van der Waals surface area contributed by atoms with E-state index < -0.39 is 0 Å². The molecule has 0 aromatic rings. The van der Waals surface area contributed by atoms with E-state index in [1.54, 1.807) is 8.85 Å². The van der Waals surface area contributed by atoms with E-state index in [9.17, 15) is 0 Å². The Bertz CT molecular complexity index is 342. The van der Waals surface area contributed by atoms with Crippen LogP contribution in [-0.4, -0.2) is 0 Å². The van der Waals surface area contributed by atoms with Gasteiger partial charge < -0.3 is 0 Å². The van der Waals surface area contributed by atoms with Crippen LogP contribution in [0.15, 0.2) is 42.5 Å². The van der Waals surface area contributed by atoms with Crippen molar-refractivity contribution < 1.29 is 23.2 Å². The molecule has 0 radical (unpaired) electrons. The quantitative estimate of drug-likeness (QED) is 0.702. The molecule has 2 aliphatic carbocycles. The van der Waals surface area contributed by atoms with Crippen molar-refractivity contribution >= 4 is 0 Å². The van der Waals surface area contributed by atoms with Crippen molar-refractivity contribution in [2.75, 3.05) is 0 Å². The normalized spacial score (nSPS) is 18.9. The van der Waals surface area contributed by atoms with E-state index in [2.05, 4.69) is 37.3 Å². The van der Waals surface area contributed by atoms with Gasteiger partial charge in [0.15, 0.2) is 0 Å². The second kappa shape index (κ2) is 5.80. The van der Waals surface area contributed by atoms with E-state index in [4.69, 9.17) is 0 Å². The first kappa shape index (κ1) is 11.3. The maximum absolute atomic E-state index is 2.38. The summed E-state index contributed by atoms with van der Waals surface area (Å²) >= 11 is -0.387.